The molecule has 2 fully saturated rings. The van der Waals surface area contributed by atoms with E-state index in [9.17, 15) is 9.59 Å². The van der Waals surface area contributed by atoms with E-state index < -0.39 is 5.97 Å². The van der Waals surface area contributed by atoms with Gasteiger partial charge in [0, 0.05) is 13.1 Å². The Morgan fingerprint density at radius 2 is 1.78 bits per heavy atom. The molecule has 5 nitrogen and oxygen atoms in total. The van der Waals surface area contributed by atoms with E-state index in [1.165, 1.54) is 6.42 Å². The number of piperidine rings is 1. The molecule has 102 valence electrons. The Morgan fingerprint density at radius 3 is 2.44 bits per heavy atom. The third-order valence-corrected chi connectivity index (χ3v) is 4.01. The van der Waals surface area contributed by atoms with Crippen LogP contribution in [-0.2, 0) is 9.59 Å². The summed E-state index contributed by atoms with van der Waals surface area (Å²) in [6.45, 7) is 2.10. The van der Waals surface area contributed by atoms with E-state index in [2.05, 4.69) is 5.32 Å². The van der Waals surface area contributed by atoms with Gasteiger partial charge < -0.3 is 15.3 Å². The van der Waals surface area contributed by atoms with Crippen LogP contribution in [0.4, 0.5) is 0 Å². The average Bonchev–Trinajstić information content (AvgIpc) is 2.67. The van der Waals surface area contributed by atoms with Crippen molar-refractivity contribution in [2.24, 2.45) is 5.92 Å². The first-order chi connectivity index (χ1) is 8.68. The molecule has 2 N–H and O–H groups in total. The minimum atomic E-state index is -0.727. The highest BCUT2D eigenvalue weighted by molar-refractivity contribution is 5.82. The molecule has 0 saturated carbocycles. The van der Waals surface area contributed by atoms with Gasteiger partial charge in [0.1, 0.15) is 0 Å². The summed E-state index contributed by atoms with van der Waals surface area (Å²) < 4.78 is 0. The number of carbonyl (C=O) groups is 2. The molecule has 2 aliphatic heterocycles. The molecular weight excluding hydrogens is 232 g/mol. The number of carboxylic acid groups (broad SMARTS) is 1. The molecule has 1 unspecified atom stereocenters. The summed E-state index contributed by atoms with van der Waals surface area (Å²) in [5.74, 6) is -0.827. The van der Waals surface area contributed by atoms with Gasteiger partial charge >= 0.3 is 5.97 Å². The second kappa shape index (κ2) is 6.18. The van der Waals surface area contributed by atoms with Gasteiger partial charge in [-0.1, -0.05) is 12.8 Å². The van der Waals surface area contributed by atoms with E-state index in [1.54, 1.807) is 0 Å². The lowest BCUT2D eigenvalue weighted by atomic mass is 9.96. The van der Waals surface area contributed by atoms with Crippen LogP contribution in [0.2, 0.25) is 0 Å². The van der Waals surface area contributed by atoms with E-state index in [0.29, 0.717) is 25.9 Å². The minimum Gasteiger partial charge on any atom is -0.481 e. The maximum Gasteiger partial charge on any atom is 0.306 e. The van der Waals surface area contributed by atoms with Crippen LogP contribution in [0.15, 0.2) is 0 Å². The van der Waals surface area contributed by atoms with Crippen LogP contribution >= 0.6 is 0 Å². The monoisotopic (exact) mass is 254 g/mol. The van der Waals surface area contributed by atoms with Crippen LogP contribution in [0.25, 0.3) is 0 Å². The van der Waals surface area contributed by atoms with Crippen LogP contribution in [0.5, 0.6) is 0 Å². The molecule has 0 aromatic rings. The zero-order valence-electron chi connectivity index (χ0n) is 10.7. The minimum absolute atomic E-state index is 0.0473. The Morgan fingerprint density at radius 1 is 1.06 bits per heavy atom. The average molecular weight is 254 g/mol. The molecule has 5 heteroatoms. The molecular formula is C13H22N2O3. The van der Waals surface area contributed by atoms with Crippen molar-refractivity contribution in [3.63, 3.8) is 0 Å². The maximum absolute atomic E-state index is 12.3. The third-order valence-electron chi connectivity index (χ3n) is 4.01. The van der Waals surface area contributed by atoms with Crippen molar-refractivity contribution in [2.75, 3.05) is 19.6 Å². The van der Waals surface area contributed by atoms with E-state index >= 15 is 0 Å². The lowest BCUT2D eigenvalue weighted by Gasteiger charge is -2.32. The fourth-order valence-corrected chi connectivity index (χ4v) is 2.81. The fourth-order valence-electron chi connectivity index (χ4n) is 2.81. The Labute approximate surface area is 108 Å². The van der Waals surface area contributed by atoms with Crippen molar-refractivity contribution < 1.29 is 14.7 Å². The van der Waals surface area contributed by atoms with Crippen LogP contribution < -0.4 is 5.32 Å². The Hall–Kier alpha value is -1.10. The van der Waals surface area contributed by atoms with Gasteiger partial charge in [-0.15, -0.1) is 0 Å². The highest BCUT2D eigenvalue weighted by Gasteiger charge is 2.30. The van der Waals surface area contributed by atoms with Crippen molar-refractivity contribution in [1.82, 2.24) is 10.2 Å². The van der Waals surface area contributed by atoms with Crippen molar-refractivity contribution in [2.45, 2.75) is 44.6 Å². The SMILES string of the molecule is O=C(O)C1CCN(C(=O)C2CCCCCN2)CC1. The number of rotatable bonds is 2. The van der Waals surface area contributed by atoms with E-state index in [-0.39, 0.29) is 17.9 Å². The lowest BCUT2D eigenvalue weighted by Crippen LogP contribution is -2.49. The van der Waals surface area contributed by atoms with Crippen molar-refractivity contribution >= 4 is 11.9 Å². The third kappa shape index (κ3) is 3.22. The van der Waals surface area contributed by atoms with E-state index in [0.717, 1.165) is 25.8 Å². The van der Waals surface area contributed by atoms with Crippen LogP contribution in [0.1, 0.15) is 38.5 Å². The lowest BCUT2D eigenvalue weighted by molar-refractivity contribution is -0.146. The highest BCUT2D eigenvalue weighted by atomic mass is 16.4. The molecule has 2 saturated heterocycles. The number of carboxylic acids is 1. The van der Waals surface area contributed by atoms with Crippen LogP contribution in [0, 0.1) is 5.92 Å². The molecule has 1 atom stereocenters. The summed E-state index contributed by atoms with van der Waals surface area (Å²) in [4.78, 5) is 25.0. The predicted octanol–water partition coefficient (Wildman–Crippen LogP) is 0.842. The molecule has 0 bridgehead atoms. The first-order valence-electron chi connectivity index (χ1n) is 6.93. The molecule has 18 heavy (non-hydrogen) atoms. The number of carbonyl (C=O) groups excluding carboxylic acids is 1. The van der Waals surface area contributed by atoms with Gasteiger partial charge in [-0.25, -0.2) is 0 Å². The molecule has 1 amide bonds. The molecule has 2 rings (SSSR count). The molecule has 0 aromatic carbocycles. The number of hydrogen-bond acceptors (Lipinski definition) is 3. The van der Waals surface area contributed by atoms with Crippen LogP contribution in [-0.4, -0.2) is 47.6 Å². The standard InChI is InChI=1S/C13H22N2O3/c16-12(11-4-2-1-3-7-14-11)15-8-5-10(6-9-15)13(17)18/h10-11,14H,1-9H2,(H,17,18). The smallest absolute Gasteiger partial charge is 0.306 e. The van der Waals surface area contributed by atoms with Gasteiger partial charge in [0.05, 0.1) is 12.0 Å². The quantitative estimate of drug-likeness (QED) is 0.766. The zero-order valence-corrected chi connectivity index (χ0v) is 10.7. The second-order valence-electron chi connectivity index (χ2n) is 5.29. The van der Waals surface area contributed by atoms with Gasteiger partial charge in [-0.05, 0) is 32.2 Å². The molecule has 0 aromatic heterocycles. The summed E-state index contributed by atoms with van der Waals surface area (Å²) in [6.07, 6.45) is 5.54. The Kier molecular flexibility index (Phi) is 4.58. The topological polar surface area (TPSA) is 69.6 Å². The van der Waals surface area contributed by atoms with Crippen molar-refractivity contribution in [3.05, 3.63) is 0 Å². The molecule has 0 aliphatic carbocycles. The first-order valence-corrected chi connectivity index (χ1v) is 6.93. The summed E-state index contributed by atoms with van der Waals surface area (Å²) in [5, 5.41) is 12.2. The number of hydrogen-bond donors (Lipinski definition) is 2. The number of nitrogens with one attached hydrogen (secondary N) is 1. The maximum atomic E-state index is 12.3. The van der Waals surface area contributed by atoms with Gasteiger partial charge in [0.2, 0.25) is 5.91 Å². The Bertz CT molecular complexity index is 303. The Balaban J connectivity index is 1.84. The molecule has 2 aliphatic rings. The molecule has 2 heterocycles. The second-order valence-corrected chi connectivity index (χ2v) is 5.29. The predicted molar refractivity (Wildman–Crippen MR) is 67.2 cm³/mol. The fraction of sp³-hybridized carbons (Fsp3) is 0.846. The summed E-state index contributed by atoms with van der Waals surface area (Å²) in [6, 6.07) is -0.0473. The molecule has 0 spiro atoms. The van der Waals surface area contributed by atoms with Gasteiger partial charge in [0.25, 0.3) is 0 Å². The van der Waals surface area contributed by atoms with Gasteiger partial charge in [-0.2, -0.15) is 0 Å². The number of aliphatic carboxylic acids is 1. The number of likely N-dealkylation sites (tertiary alicyclic amines) is 1. The van der Waals surface area contributed by atoms with Crippen molar-refractivity contribution in [3.8, 4) is 0 Å². The zero-order chi connectivity index (χ0) is 13.0. The largest absolute Gasteiger partial charge is 0.481 e. The van der Waals surface area contributed by atoms with E-state index in [4.69, 9.17) is 5.11 Å². The van der Waals surface area contributed by atoms with Gasteiger partial charge in [0.15, 0.2) is 0 Å². The highest BCUT2D eigenvalue weighted by Crippen LogP contribution is 2.19. The number of amides is 1. The number of nitrogens with zero attached hydrogens (tertiary/aromatic N) is 1. The summed E-state index contributed by atoms with van der Waals surface area (Å²) >= 11 is 0. The first kappa shape index (κ1) is 13.3. The van der Waals surface area contributed by atoms with Crippen molar-refractivity contribution in [1.29, 1.82) is 0 Å². The van der Waals surface area contributed by atoms with E-state index in [1.807, 2.05) is 4.90 Å². The molecule has 0 radical (unpaired) electrons. The van der Waals surface area contributed by atoms with Gasteiger partial charge in [-0.3, -0.25) is 9.59 Å². The summed E-state index contributed by atoms with van der Waals surface area (Å²) in [7, 11) is 0. The summed E-state index contributed by atoms with van der Waals surface area (Å²) in [5.41, 5.74) is 0. The normalized spacial score (nSPS) is 26.7. The van der Waals surface area contributed by atoms with Crippen LogP contribution in [0.3, 0.4) is 0 Å².